The van der Waals surface area contributed by atoms with E-state index in [-0.39, 0.29) is 13.2 Å². The quantitative estimate of drug-likeness (QED) is 0.423. The standard InChI is InChI=1S/C5H10N2O4S/c8-4-6-5-3-11-2-1-7(5)12(9)10/h4-5H,1-3H2,(H,6,8)(H,9,10)/p-1. The van der Waals surface area contributed by atoms with Crippen molar-refractivity contribution >= 4 is 17.7 Å². The highest BCUT2D eigenvalue weighted by Gasteiger charge is 2.22. The number of carbonyl (C=O) groups is 1. The number of rotatable bonds is 3. The lowest BCUT2D eigenvalue weighted by atomic mass is 10.4. The van der Waals surface area contributed by atoms with E-state index in [4.69, 9.17) is 4.74 Å². The van der Waals surface area contributed by atoms with Crippen LogP contribution in [0, 0.1) is 0 Å². The summed E-state index contributed by atoms with van der Waals surface area (Å²) < 4.78 is 27.2. The average molecular weight is 193 g/mol. The van der Waals surface area contributed by atoms with Crippen LogP contribution < -0.4 is 5.32 Å². The third-order valence-corrected chi connectivity index (χ3v) is 2.35. The number of morpholine rings is 1. The summed E-state index contributed by atoms with van der Waals surface area (Å²) in [6, 6.07) is 0. The smallest absolute Gasteiger partial charge is 0.208 e. The Bertz CT molecular complexity index is 188. The van der Waals surface area contributed by atoms with E-state index in [0.717, 1.165) is 4.31 Å². The molecule has 12 heavy (non-hydrogen) atoms. The number of hydrogen-bond donors (Lipinski definition) is 1. The van der Waals surface area contributed by atoms with Crippen molar-refractivity contribution in [1.82, 2.24) is 9.62 Å². The van der Waals surface area contributed by atoms with Gasteiger partial charge in [0.15, 0.2) is 0 Å². The van der Waals surface area contributed by atoms with E-state index in [2.05, 4.69) is 5.32 Å². The maximum Gasteiger partial charge on any atom is 0.208 e. The second kappa shape index (κ2) is 4.51. The van der Waals surface area contributed by atoms with Gasteiger partial charge in [-0.3, -0.25) is 9.00 Å². The highest BCUT2D eigenvalue weighted by molar-refractivity contribution is 7.76. The molecule has 1 amide bonds. The summed E-state index contributed by atoms with van der Waals surface area (Å²) in [6.45, 7) is 0.847. The first-order valence-electron chi connectivity index (χ1n) is 3.39. The molecule has 2 unspecified atom stereocenters. The van der Waals surface area contributed by atoms with Gasteiger partial charge in [0.25, 0.3) is 0 Å². The van der Waals surface area contributed by atoms with Gasteiger partial charge in [0.2, 0.25) is 6.41 Å². The number of amides is 1. The largest absolute Gasteiger partial charge is 0.760 e. The van der Waals surface area contributed by atoms with Crippen LogP contribution >= 0.6 is 0 Å². The van der Waals surface area contributed by atoms with Crippen LogP contribution in [-0.4, -0.2) is 45.4 Å². The molecular formula is C5H9N2O4S-. The van der Waals surface area contributed by atoms with E-state index >= 15 is 0 Å². The number of nitrogens with zero attached hydrogens (tertiary/aromatic N) is 1. The molecule has 1 heterocycles. The van der Waals surface area contributed by atoms with Crippen molar-refractivity contribution in [2.45, 2.75) is 6.17 Å². The molecule has 0 saturated carbocycles. The van der Waals surface area contributed by atoms with Crippen molar-refractivity contribution in [3.63, 3.8) is 0 Å². The molecule has 1 aliphatic rings. The fraction of sp³-hybridized carbons (Fsp3) is 0.800. The zero-order valence-electron chi connectivity index (χ0n) is 6.26. The predicted octanol–water partition coefficient (Wildman–Crippen LogP) is -1.82. The number of carbonyl (C=O) groups excluding carboxylic acids is 1. The lowest BCUT2D eigenvalue weighted by Crippen LogP contribution is -2.53. The fourth-order valence-corrected chi connectivity index (χ4v) is 1.53. The maximum absolute atomic E-state index is 10.6. The van der Waals surface area contributed by atoms with Gasteiger partial charge in [0, 0.05) is 17.8 Å². The van der Waals surface area contributed by atoms with Gasteiger partial charge in [-0.2, -0.15) is 0 Å². The maximum atomic E-state index is 10.6. The Hall–Kier alpha value is -0.500. The molecule has 1 fully saturated rings. The zero-order chi connectivity index (χ0) is 8.97. The second-order valence-electron chi connectivity index (χ2n) is 2.23. The number of nitrogens with one attached hydrogen (secondary N) is 1. The topological polar surface area (TPSA) is 81.7 Å². The van der Waals surface area contributed by atoms with Gasteiger partial charge < -0.3 is 14.6 Å². The van der Waals surface area contributed by atoms with E-state index in [0.29, 0.717) is 13.0 Å². The lowest BCUT2D eigenvalue weighted by molar-refractivity contribution is -0.112. The van der Waals surface area contributed by atoms with Crippen LogP contribution in [0.15, 0.2) is 0 Å². The van der Waals surface area contributed by atoms with Crippen molar-refractivity contribution in [2.24, 2.45) is 0 Å². The van der Waals surface area contributed by atoms with Crippen LogP contribution in [0.1, 0.15) is 0 Å². The third kappa shape index (κ3) is 2.24. The summed E-state index contributed by atoms with van der Waals surface area (Å²) in [5.41, 5.74) is 0. The molecule has 1 aliphatic heterocycles. The second-order valence-corrected chi connectivity index (χ2v) is 3.14. The zero-order valence-corrected chi connectivity index (χ0v) is 7.08. The highest BCUT2D eigenvalue weighted by Crippen LogP contribution is 2.04. The molecule has 70 valence electrons. The molecule has 0 aromatic carbocycles. The Labute approximate surface area is 72.3 Å². The molecule has 1 saturated heterocycles. The number of hydrogen-bond acceptors (Lipinski definition) is 4. The monoisotopic (exact) mass is 193 g/mol. The first kappa shape index (κ1) is 9.59. The Morgan fingerprint density at radius 1 is 1.75 bits per heavy atom. The molecule has 0 aromatic heterocycles. The van der Waals surface area contributed by atoms with Crippen molar-refractivity contribution < 1.29 is 18.3 Å². The van der Waals surface area contributed by atoms with Gasteiger partial charge in [-0.25, -0.2) is 4.31 Å². The summed E-state index contributed by atoms with van der Waals surface area (Å²) in [6.07, 6.45) is -0.103. The van der Waals surface area contributed by atoms with Crippen molar-refractivity contribution in [2.75, 3.05) is 19.8 Å². The molecule has 7 heteroatoms. The molecular weight excluding hydrogens is 184 g/mol. The summed E-state index contributed by atoms with van der Waals surface area (Å²) in [7, 11) is 0. The van der Waals surface area contributed by atoms with Gasteiger partial charge in [0.1, 0.15) is 6.17 Å². The first-order chi connectivity index (χ1) is 5.75. The van der Waals surface area contributed by atoms with E-state index in [1.165, 1.54) is 0 Å². The van der Waals surface area contributed by atoms with E-state index in [1.807, 2.05) is 0 Å². The minimum atomic E-state index is -2.30. The summed E-state index contributed by atoms with van der Waals surface area (Å²) in [5.74, 6) is 0. The van der Waals surface area contributed by atoms with Crippen LogP contribution in [0.3, 0.4) is 0 Å². The predicted molar refractivity (Wildman–Crippen MR) is 39.4 cm³/mol. The molecule has 0 aromatic rings. The molecule has 1 rings (SSSR count). The van der Waals surface area contributed by atoms with Crippen molar-refractivity contribution in [3.05, 3.63) is 0 Å². The van der Waals surface area contributed by atoms with Crippen LogP contribution in [0.2, 0.25) is 0 Å². The first-order valence-corrected chi connectivity index (χ1v) is 4.42. The van der Waals surface area contributed by atoms with Crippen molar-refractivity contribution in [1.29, 1.82) is 0 Å². The Balaban J connectivity index is 2.53. The van der Waals surface area contributed by atoms with E-state index in [1.54, 1.807) is 0 Å². The third-order valence-electron chi connectivity index (χ3n) is 1.53. The Kier molecular flexibility index (Phi) is 3.60. The molecule has 2 atom stereocenters. The Morgan fingerprint density at radius 2 is 2.50 bits per heavy atom. The van der Waals surface area contributed by atoms with Gasteiger partial charge in [-0.15, -0.1) is 0 Å². The average Bonchev–Trinajstić information content (AvgIpc) is 2.05. The van der Waals surface area contributed by atoms with Crippen molar-refractivity contribution in [3.8, 4) is 0 Å². The molecule has 0 bridgehead atoms. The molecule has 0 spiro atoms. The van der Waals surface area contributed by atoms with Crippen LogP contribution in [0.5, 0.6) is 0 Å². The molecule has 6 nitrogen and oxygen atoms in total. The Morgan fingerprint density at radius 3 is 3.08 bits per heavy atom. The summed E-state index contributed by atoms with van der Waals surface area (Å²) in [5, 5.41) is 2.34. The van der Waals surface area contributed by atoms with E-state index < -0.39 is 17.4 Å². The van der Waals surface area contributed by atoms with Gasteiger partial charge in [0.05, 0.1) is 13.2 Å². The highest BCUT2D eigenvalue weighted by atomic mass is 32.2. The minimum Gasteiger partial charge on any atom is -0.760 e. The molecule has 0 aliphatic carbocycles. The fourth-order valence-electron chi connectivity index (χ4n) is 0.977. The molecule has 1 N–H and O–H groups in total. The minimum absolute atomic E-state index is 0.201. The van der Waals surface area contributed by atoms with Crippen LogP contribution in [0.25, 0.3) is 0 Å². The van der Waals surface area contributed by atoms with Gasteiger partial charge in [-0.05, 0) is 0 Å². The van der Waals surface area contributed by atoms with Crippen LogP contribution in [-0.2, 0) is 20.8 Å². The van der Waals surface area contributed by atoms with Gasteiger partial charge in [-0.1, -0.05) is 0 Å². The van der Waals surface area contributed by atoms with E-state index in [9.17, 15) is 13.6 Å². The summed E-state index contributed by atoms with van der Waals surface area (Å²) in [4.78, 5) is 10.0. The van der Waals surface area contributed by atoms with Crippen LogP contribution in [0.4, 0.5) is 0 Å². The SMILES string of the molecule is O=CNC1COCCN1S(=O)[O-]. The lowest BCUT2D eigenvalue weighted by Gasteiger charge is -2.35. The molecule has 0 radical (unpaired) electrons. The normalized spacial score (nSPS) is 27.9. The number of ether oxygens (including phenoxy) is 1. The summed E-state index contributed by atoms with van der Waals surface area (Å²) >= 11 is -2.30. The van der Waals surface area contributed by atoms with Gasteiger partial charge >= 0.3 is 0 Å².